The Morgan fingerprint density at radius 2 is 2.06 bits per heavy atom. The first-order valence-electron chi connectivity index (χ1n) is 5.56. The second kappa shape index (κ2) is 4.02. The number of aryl methyl sites for hydroxylation is 1. The van der Waals surface area contributed by atoms with Gasteiger partial charge < -0.3 is 4.98 Å². The third-order valence-corrected chi connectivity index (χ3v) is 3.80. The summed E-state index contributed by atoms with van der Waals surface area (Å²) in [6.07, 6.45) is -2.47. The molecule has 1 N–H and O–H groups in total. The molecule has 0 amide bonds. The summed E-state index contributed by atoms with van der Waals surface area (Å²) in [6, 6.07) is 3.90. The van der Waals surface area contributed by atoms with Gasteiger partial charge in [-0.3, -0.25) is 0 Å². The van der Waals surface area contributed by atoms with Crippen molar-refractivity contribution in [2.45, 2.75) is 19.0 Å². The van der Waals surface area contributed by atoms with Crippen molar-refractivity contribution in [3.63, 3.8) is 0 Å². The van der Waals surface area contributed by atoms with Gasteiger partial charge in [-0.25, -0.2) is 0 Å². The van der Waals surface area contributed by atoms with E-state index in [1.54, 1.807) is 11.3 Å². The van der Waals surface area contributed by atoms with Crippen LogP contribution in [0.5, 0.6) is 0 Å². The third kappa shape index (κ3) is 1.99. The second-order valence-corrected chi connectivity index (χ2v) is 5.08. The number of fused-ring (bicyclic) bond motifs is 1. The lowest BCUT2D eigenvalue weighted by Crippen LogP contribution is -2.14. The Labute approximate surface area is 106 Å². The van der Waals surface area contributed by atoms with Gasteiger partial charge >= 0.3 is 6.18 Å². The van der Waals surface area contributed by atoms with Gasteiger partial charge in [-0.1, -0.05) is 0 Å². The quantitative estimate of drug-likeness (QED) is 0.776. The molecule has 1 aliphatic rings. The molecule has 0 atom stereocenters. The van der Waals surface area contributed by atoms with Crippen LogP contribution in [0.15, 0.2) is 28.5 Å². The Morgan fingerprint density at radius 1 is 1.22 bits per heavy atom. The standard InChI is InChI=1S/C13H10F3NS/c14-13(15,16)10-2-1-8-5-11(17-12(8)6-10)9-3-4-18-7-9/h3-7,17H,1-2H2. The second-order valence-electron chi connectivity index (χ2n) is 4.30. The molecule has 3 rings (SSSR count). The van der Waals surface area contributed by atoms with Gasteiger partial charge in [0.15, 0.2) is 0 Å². The molecule has 5 heteroatoms. The fraction of sp³-hybridized carbons (Fsp3) is 0.231. The van der Waals surface area contributed by atoms with Gasteiger partial charge in [-0.2, -0.15) is 24.5 Å². The Bertz CT molecular complexity index is 590. The van der Waals surface area contributed by atoms with Gasteiger partial charge in [0.2, 0.25) is 0 Å². The molecule has 0 saturated carbocycles. The van der Waals surface area contributed by atoms with Crippen LogP contribution in [0.4, 0.5) is 13.2 Å². The van der Waals surface area contributed by atoms with Crippen LogP contribution in [0.2, 0.25) is 0 Å². The number of hydrogen-bond acceptors (Lipinski definition) is 1. The first kappa shape index (κ1) is 11.6. The van der Waals surface area contributed by atoms with Crippen molar-refractivity contribution >= 4 is 17.4 Å². The number of thiophene rings is 1. The number of rotatable bonds is 1. The van der Waals surface area contributed by atoms with Crippen LogP contribution in [-0.4, -0.2) is 11.2 Å². The number of nitrogens with one attached hydrogen (secondary N) is 1. The smallest absolute Gasteiger partial charge is 0.355 e. The number of hydrogen-bond donors (Lipinski definition) is 1. The lowest BCUT2D eigenvalue weighted by molar-refractivity contribution is -0.0931. The van der Waals surface area contributed by atoms with E-state index in [-0.39, 0.29) is 6.42 Å². The molecule has 0 bridgehead atoms. The molecule has 0 radical (unpaired) electrons. The van der Waals surface area contributed by atoms with Crippen molar-refractivity contribution < 1.29 is 13.2 Å². The van der Waals surface area contributed by atoms with Crippen LogP contribution in [-0.2, 0) is 6.42 Å². The molecule has 0 fully saturated rings. The van der Waals surface area contributed by atoms with Crippen LogP contribution in [0, 0.1) is 0 Å². The molecule has 2 aromatic heterocycles. The zero-order chi connectivity index (χ0) is 12.8. The summed E-state index contributed by atoms with van der Waals surface area (Å²) < 4.78 is 37.9. The summed E-state index contributed by atoms with van der Waals surface area (Å²) in [5, 5.41) is 3.93. The minimum absolute atomic E-state index is 0.0669. The summed E-state index contributed by atoms with van der Waals surface area (Å²) >= 11 is 1.57. The fourth-order valence-electron chi connectivity index (χ4n) is 2.16. The number of H-pyrrole nitrogens is 1. The van der Waals surface area contributed by atoms with Gasteiger partial charge in [0.25, 0.3) is 0 Å². The summed E-state index contributed by atoms with van der Waals surface area (Å²) in [7, 11) is 0. The Morgan fingerprint density at radius 3 is 2.72 bits per heavy atom. The van der Waals surface area contributed by atoms with Crippen LogP contribution in [0.25, 0.3) is 17.3 Å². The maximum atomic E-state index is 12.6. The van der Waals surface area contributed by atoms with Crippen molar-refractivity contribution in [1.82, 2.24) is 4.98 Å². The van der Waals surface area contributed by atoms with E-state index in [4.69, 9.17) is 0 Å². The first-order chi connectivity index (χ1) is 8.54. The maximum Gasteiger partial charge on any atom is 0.412 e. The predicted molar refractivity (Wildman–Crippen MR) is 66.5 cm³/mol. The zero-order valence-corrected chi connectivity index (χ0v) is 10.2. The minimum atomic E-state index is -4.22. The van der Waals surface area contributed by atoms with Gasteiger partial charge in [0.05, 0.1) is 0 Å². The van der Waals surface area contributed by atoms with Crippen LogP contribution < -0.4 is 0 Å². The van der Waals surface area contributed by atoms with E-state index >= 15 is 0 Å². The lowest BCUT2D eigenvalue weighted by atomic mass is 9.97. The molecule has 0 saturated heterocycles. The monoisotopic (exact) mass is 269 g/mol. The van der Waals surface area contributed by atoms with Crippen molar-refractivity contribution in [1.29, 1.82) is 0 Å². The Hall–Kier alpha value is -1.49. The maximum absolute atomic E-state index is 12.6. The van der Waals surface area contributed by atoms with Gasteiger partial charge in [-0.05, 0) is 42.0 Å². The molecule has 1 aliphatic carbocycles. The van der Waals surface area contributed by atoms with Gasteiger partial charge in [-0.15, -0.1) is 0 Å². The van der Waals surface area contributed by atoms with Crippen LogP contribution in [0.3, 0.4) is 0 Å². The summed E-state index contributed by atoms with van der Waals surface area (Å²) in [4.78, 5) is 3.07. The van der Waals surface area contributed by atoms with E-state index in [9.17, 15) is 13.2 Å². The van der Waals surface area contributed by atoms with Gasteiger partial charge in [0.1, 0.15) is 0 Å². The molecule has 0 aliphatic heterocycles. The predicted octanol–water partition coefficient (Wildman–Crippen LogP) is 4.64. The zero-order valence-electron chi connectivity index (χ0n) is 9.34. The van der Waals surface area contributed by atoms with E-state index in [0.717, 1.165) is 16.8 Å². The largest absolute Gasteiger partial charge is 0.412 e. The molecule has 0 unspecified atom stereocenters. The Kier molecular flexibility index (Phi) is 2.59. The fourth-order valence-corrected chi connectivity index (χ4v) is 2.82. The van der Waals surface area contributed by atoms with Crippen molar-refractivity contribution in [2.24, 2.45) is 0 Å². The van der Waals surface area contributed by atoms with Crippen LogP contribution >= 0.6 is 11.3 Å². The minimum Gasteiger partial charge on any atom is -0.355 e. The van der Waals surface area contributed by atoms with E-state index in [2.05, 4.69) is 4.98 Å². The molecule has 2 aromatic rings. The number of allylic oxidation sites excluding steroid dienone is 1. The number of aromatic nitrogens is 1. The van der Waals surface area contributed by atoms with E-state index in [1.165, 1.54) is 6.08 Å². The van der Waals surface area contributed by atoms with Crippen molar-refractivity contribution in [2.75, 3.05) is 0 Å². The van der Waals surface area contributed by atoms with E-state index in [1.807, 2.05) is 22.9 Å². The van der Waals surface area contributed by atoms with E-state index < -0.39 is 11.7 Å². The highest BCUT2D eigenvalue weighted by molar-refractivity contribution is 7.08. The van der Waals surface area contributed by atoms with Crippen molar-refractivity contribution in [3.8, 4) is 11.3 Å². The van der Waals surface area contributed by atoms with Gasteiger partial charge in [0, 0.05) is 27.9 Å². The molecule has 2 heterocycles. The first-order valence-corrected chi connectivity index (χ1v) is 6.50. The molecule has 0 spiro atoms. The average Bonchev–Trinajstić information content (AvgIpc) is 2.95. The number of alkyl halides is 3. The molecule has 1 nitrogen and oxygen atoms in total. The number of aromatic amines is 1. The molecular weight excluding hydrogens is 259 g/mol. The highest BCUT2D eigenvalue weighted by Crippen LogP contribution is 2.36. The van der Waals surface area contributed by atoms with Crippen molar-refractivity contribution in [3.05, 3.63) is 39.7 Å². The Balaban J connectivity index is 2.00. The number of halogens is 3. The summed E-state index contributed by atoms with van der Waals surface area (Å²) in [5.74, 6) is 0. The SMILES string of the molecule is FC(F)(F)C1=Cc2[nH]c(-c3ccsc3)cc2CC1. The normalized spacial score (nSPS) is 15.4. The molecular formula is C13H10F3NS. The highest BCUT2D eigenvalue weighted by atomic mass is 32.1. The average molecular weight is 269 g/mol. The molecule has 0 aromatic carbocycles. The molecule has 94 valence electrons. The lowest BCUT2D eigenvalue weighted by Gasteiger charge is -2.15. The van der Waals surface area contributed by atoms with Crippen LogP contribution in [0.1, 0.15) is 17.7 Å². The third-order valence-electron chi connectivity index (χ3n) is 3.11. The van der Waals surface area contributed by atoms with E-state index in [0.29, 0.717) is 12.1 Å². The summed E-state index contributed by atoms with van der Waals surface area (Å²) in [5.41, 5.74) is 3.02. The molecule has 18 heavy (non-hydrogen) atoms. The topological polar surface area (TPSA) is 15.8 Å². The summed E-state index contributed by atoms with van der Waals surface area (Å²) in [6.45, 7) is 0. The highest BCUT2D eigenvalue weighted by Gasteiger charge is 2.35.